The van der Waals surface area contributed by atoms with E-state index >= 15 is 0 Å². The molecule has 0 heterocycles. The second kappa shape index (κ2) is 26.9. The first-order valence-electron chi connectivity index (χ1n) is 21.1. The molecular weight excluding hydrogens is 765 g/mol. The highest BCUT2D eigenvalue weighted by Crippen LogP contribution is 2.31. The molecule has 0 amide bonds. The summed E-state index contributed by atoms with van der Waals surface area (Å²) in [6.07, 6.45) is 2.60. The quantitative estimate of drug-likeness (QED) is 0.0360. The van der Waals surface area contributed by atoms with E-state index in [1.165, 1.54) is 0 Å². The standard InChI is InChI=1S/C48H64N2O10/c1-5-25-49(27-13-29-51)45(35-39-19-21-41(55-3)43(33-39)57-31-23-37-15-9-7-10-16-37)59-47(53)48(54)60-46(50(26-6-2)28-14-30-52)36-40-20-22-42(56-4)44(34-40)58-32-24-38-17-11-8-12-18-38/h7-12,15-22,33-34,45-46,51-52H,5-6,13-14,23-32,35-36H2,1-4H3. The molecular formula is C48H64N2O10. The van der Waals surface area contributed by atoms with Gasteiger partial charge in [0, 0.05) is 65.1 Å². The number of carbonyl (C=O) groups is 2. The number of hydrogen-bond donors (Lipinski definition) is 2. The zero-order valence-corrected chi connectivity index (χ0v) is 35.8. The number of carbonyl (C=O) groups excluding carboxylic acids is 2. The number of ether oxygens (including phenoxy) is 6. The minimum atomic E-state index is -1.12. The van der Waals surface area contributed by atoms with Gasteiger partial charge in [0.25, 0.3) is 0 Å². The van der Waals surface area contributed by atoms with Gasteiger partial charge in [-0.05, 0) is 72.2 Å². The molecule has 60 heavy (non-hydrogen) atoms. The van der Waals surface area contributed by atoms with Crippen LogP contribution < -0.4 is 18.9 Å². The zero-order valence-electron chi connectivity index (χ0n) is 35.8. The summed E-state index contributed by atoms with van der Waals surface area (Å²) in [5.74, 6) is 0.000532. The van der Waals surface area contributed by atoms with Gasteiger partial charge < -0.3 is 38.6 Å². The summed E-state index contributed by atoms with van der Waals surface area (Å²) >= 11 is 0. The molecule has 0 fully saturated rings. The Kier molecular flexibility index (Phi) is 21.3. The smallest absolute Gasteiger partial charge is 0.419 e. The van der Waals surface area contributed by atoms with Gasteiger partial charge in [0.15, 0.2) is 35.5 Å². The van der Waals surface area contributed by atoms with Crippen LogP contribution in [-0.2, 0) is 44.7 Å². The molecule has 4 rings (SSSR count). The molecule has 12 nitrogen and oxygen atoms in total. The lowest BCUT2D eigenvalue weighted by atomic mass is 10.1. The van der Waals surface area contributed by atoms with Crippen molar-refractivity contribution in [1.82, 2.24) is 9.80 Å². The number of hydrogen-bond acceptors (Lipinski definition) is 12. The number of nitrogens with zero attached hydrogens (tertiary/aromatic N) is 2. The van der Waals surface area contributed by atoms with Crippen LogP contribution in [0.5, 0.6) is 23.0 Å². The minimum Gasteiger partial charge on any atom is -0.493 e. The van der Waals surface area contributed by atoms with Crippen molar-refractivity contribution in [2.45, 2.75) is 77.7 Å². The lowest BCUT2D eigenvalue weighted by Gasteiger charge is -2.32. The largest absolute Gasteiger partial charge is 0.493 e. The number of rotatable bonds is 28. The topological polar surface area (TPSA) is 136 Å². The van der Waals surface area contributed by atoms with Gasteiger partial charge in [-0.25, -0.2) is 9.59 Å². The fraction of sp³-hybridized carbons (Fsp3) is 0.458. The van der Waals surface area contributed by atoms with Crippen molar-refractivity contribution < 1.29 is 48.2 Å². The van der Waals surface area contributed by atoms with Crippen LogP contribution in [0.4, 0.5) is 0 Å². The highest BCUT2D eigenvalue weighted by molar-refractivity contribution is 6.29. The highest BCUT2D eigenvalue weighted by Gasteiger charge is 2.31. The van der Waals surface area contributed by atoms with E-state index < -0.39 is 24.4 Å². The van der Waals surface area contributed by atoms with Crippen LogP contribution in [-0.4, -0.2) is 111 Å². The molecule has 0 spiro atoms. The molecule has 0 aliphatic heterocycles. The maximum Gasteiger partial charge on any atom is 0.419 e. The number of benzene rings is 4. The molecule has 326 valence electrons. The van der Waals surface area contributed by atoms with Crippen molar-refractivity contribution in [3.63, 3.8) is 0 Å². The van der Waals surface area contributed by atoms with Crippen LogP contribution in [0.1, 0.15) is 61.8 Å². The van der Waals surface area contributed by atoms with E-state index in [1.54, 1.807) is 14.2 Å². The van der Waals surface area contributed by atoms with Gasteiger partial charge in [-0.2, -0.15) is 0 Å². The number of esters is 2. The Morgan fingerprint density at radius 1 is 0.533 bits per heavy atom. The lowest BCUT2D eigenvalue weighted by molar-refractivity contribution is -0.185. The highest BCUT2D eigenvalue weighted by atomic mass is 16.6. The van der Waals surface area contributed by atoms with Crippen LogP contribution in [0, 0.1) is 0 Å². The maximum absolute atomic E-state index is 13.8. The Balaban J connectivity index is 1.54. The van der Waals surface area contributed by atoms with Gasteiger partial charge in [0.2, 0.25) is 0 Å². The summed E-state index contributed by atoms with van der Waals surface area (Å²) in [7, 11) is 3.17. The Morgan fingerprint density at radius 2 is 0.933 bits per heavy atom. The molecule has 12 heteroatoms. The molecule has 4 aromatic rings. The van der Waals surface area contributed by atoms with Gasteiger partial charge in [-0.1, -0.05) is 86.6 Å². The molecule has 2 unspecified atom stereocenters. The molecule has 2 atom stereocenters. The van der Waals surface area contributed by atoms with Gasteiger partial charge >= 0.3 is 11.9 Å². The Hall–Kier alpha value is -5.14. The summed E-state index contributed by atoms with van der Waals surface area (Å²) in [6.45, 7) is 6.81. The molecule has 4 aromatic carbocycles. The fourth-order valence-corrected chi connectivity index (χ4v) is 6.93. The third kappa shape index (κ3) is 15.8. The first kappa shape index (κ1) is 47.5. The first-order chi connectivity index (χ1) is 29.3. The maximum atomic E-state index is 13.8. The number of aliphatic hydroxyl groups excluding tert-OH is 2. The second-order valence-corrected chi connectivity index (χ2v) is 14.5. The van der Waals surface area contributed by atoms with Crippen molar-refractivity contribution in [1.29, 1.82) is 0 Å². The number of aliphatic hydroxyl groups is 2. The Morgan fingerprint density at radius 3 is 1.28 bits per heavy atom. The summed E-state index contributed by atoms with van der Waals surface area (Å²) < 4.78 is 35.6. The van der Waals surface area contributed by atoms with Crippen molar-refractivity contribution >= 4 is 11.9 Å². The third-order valence-electron chi connectivity index (χ3n) is 9.95. The third-order valence-corrected chi connectivity index (χ3v) is 9.95. The van der Waals surface area contributed by atoms with Gasteiger partial charge in [0.1, 0.15) is 0 Å². The predicted molar refractivity (Wildman–Crippen MR) is 232 cm³/mol. The van der Waals surface area contributed by atoms with Crippen LogP contribution in [0.2, 0.25) is 0 Å². The molecule has 0 aliphatic carbocycles. The molecule has 0 saturated heterocycles. The van der Waals surface area contributed by atoms with Crippen molar-refractivity contribution in [3.05, 3.63) is 119 Å². The van der Waals surface area contributed by atoms with E-state index in [-0.39, 0.29) is 26.1 Å². The molecule has 0 bridgehead atoms. The Bertz CT molecular complexity index is 1690. The predicted octanol–water partition coefficient (Wildman–Crippen LogP) is 6.66. The van der Waals surface area contributed by atoms with Gasteiger partial charge in [0.05, 0.1) is 27.4 Å². The molecule has 0 aromatic heterocycles. The summed E-state index contributed by atoms with van der Waals surface area (Å²) in [4.78, 5) is 31.5. The second-order valence-electron chi connectivity index (χ2n) is 14.5. The van der Waals surface area contributed by atoms with E-state index in [2.05, 4.69) is 0 Å². The van der Waals surface area contributed by atoms with Crippen LogP contribution in [0.15, 0.2) is 97.1 Å². The van der Waals surface area contributed by atoms with E-state index in [4.69, 9.17) is 28.4 Å². The van der Waals surface area contributed by atoms with Crippen molar-refractivity contribution in [2.24, 2.45) is 0 Å². The summed E-state index contributed by atoms with van der Waals surface area (Å²) in [6, 6.07) is 31.2. The normalized spacial score (nSPS) is 12.2. The van der Waals surface area contributed by atoms with Crippen molar-refractivity contribution in [3.8, 4) is 23.0 Å². The van der Waals surface area contributed by atoms with Gasteiger partial charge in [-0.3, -0.25) is 9.80 Å². The van der Waals surface area contributed by atoms with E-state index in [0.717, 1.165) is 35.1 Å². The molecule has 0 radical (unpaired) electrons. The Labute approximate surface area is 355 Å². The summed E-state index contributed by atoms with van der Waals surface area (Å²) in [5.41, 5.74) is 3.91. The molecule has 0 aliphatic rings. The fourth-order valence-electron chi connectivity index (χ4n) is 6.93. The molecule has 0 saturated carbocycles. The minimum absolute atomic E-state index is 0.0429. The molecule has 2 N–H and O–H groups in total. The van der Waals surface area contributed by atoms with Gasteiger partial charge in [-0.15, -0.1) is 0 Å². The lowest BCUT2D eigenvalue weighted by Crippen LogP contribution is -2.46. The zero-order chi connectivity index (χ0) is 43.0. The average Bonchev–Trinajstić information content (AvgIpc) is 3.27. The van der Waals surface area contributed by atoms with Crippen LogP contribution >= 0.6 is 0 Å². The SMILES string of the molecule is CCCN(CCCO)C(Cc1ccc(OC)c(OCCc2ccccc2)c1)OC(=O)C(=O)OC(Cc1ccc(OC)c(OCCc2ccccc2)c1)N(CCC)CCCO. The first-order valence-corrected chi connectivity index (χ1v) is 21.1. The van der Waals surface area contributed by atoms with Crippen LogP contribution in [0.25, 0.3) is 0 Å². The van der Waals surface area contributed by atoms with Crippen LogP contribution in [0.3, 0.4) is 0 Å². The van der Waals surface area contributed by atoms with E-state index in [1.807, 2.05) is 121 Å². The van der Waals surface area contributed by atoms with E-state index in [0.29, 0.717) is 88.1 Å². The summed E-state index contributed by atoms with van der Waals surface area (Å²) in [5, 5.41) is 19.4. The average molecular weight is 829 g/mol. The van der Waals surface area contributed by atoms with E-state index in [9.17, 15) is 19.8 Å². The number of methoxy groups -OCH3 is 2. The van der Waals surface area contributed by atoms with Crippen molar-refractivity contribution in [2.75, 3.05) is 66.8 Å². The monoisotopic (exact) mass is 828 g/mol.